The Bertz CT molecular complexity index is 653. The molecular weight excluding hydrogens is 316 g/mol. The number of anilines is 2. The van der Waals surface area contributed by atoms with Crippen molar-refractivity contribution in [1.29, 1.82) is 0 Å². The van der Waals surface area contributed by atoms with Gasteiger partial charge >= 0.3 is 11.9 Å². The van der Waals surface area contributed by atoms with Gasteiger partial charge in [0.05, 0.1) is 26.9 Å². The average Bonchev–Trinajstić information content (AvgIpc) is 2.61. The van der Waals surface area contributed by atoms with Crippen LogP contribution < -0.4 is 10.2 Å². The predicted molar refractivity (Wildman–Crippen MR) is 85.4 cm³/mol. The Kier molecular flexibility index (Phi) is 5.91. The van der Waals surface area contributed by atoms with Gasteiger partial charge in [-0.15, -0.1) is 0 Å². The molecule has 0 radical (unpaired) electrons. The third-order valence-electron chi connectivity index (χ3n) is 3.31. The van der Waals surface area contributed by atoms with Crippen LogP contribution in [0, 0.1) is 0 Å². The van der Waals surface area contributed by atoms with Crippen LogP contribution in [0.2, 0.25) is 0 Å². The molecule has 0 aliphatic carbocycles. The average molecular weight is 334 g/mol. The summed E-state index contributed by atoms with van der Waals surface area (Å²) < 4.78 is 14.2. The minimum Gasteiger partial charge on any atom is -0.466 e. The third-order valence-corrected chi connectivity index (χ3v) is 3.31. The van der Waals surface area contributed by atoms with Crippen LogP contribution in [0.25, 0.3) is 0 Å². The second-order valence-electron chi connectivity index (χ2n) is 4.84. The number of hydrogen-bond acceptors (Lipinski definition) is 7. The summed E-state index contributed by atoms with van der Waals surface area (Å²) in [6.07, 6.45) is 1.01. The molecule has 0 bridgehead atoms. The van der Waals surface area contributed by atoms with E-state index in [4.69, 9.17) is 4.74 Å². The van der Waals surface area contributed by atoms with Crippen molar-refractivity contribution in [3.63, 3.8) is 0 Å². The fourth-order valence-electron chi connectivity index (χ4n) is 2.10. The molecule has 1 N–H and O–H groups in total. The monoisotopic (exact) mass is 334 g/mol. The second-order valence-corrected chi connectivity index (χ2v) is 4.84. The van der Waals surface area contributed by atoms with E-state index in [0.29, 0.717) is 18.8 Å². The number of esters is 2. The Balaban J connectivity index is 2.14. The van der Waals surface area contributed by atoms with E-state index in [1.807, 2.05) is 0 Å². The normalized spacial score (nSPS) is 15.0. The number of benzene rings is 1. The predicted octanol–water partition coefficient (Wildman–Crippen LogP) is 0.692. The molecule has 128 valence electrons. The molecule has 2 rings (SSSR count). The first-order chi connectivity index (χ1) is 11.5. The molecule has 1 saturated heterocycles. The van der Waals surface area contributed by atoms with Gasteiger partial charge in [0, 0.05) is 17.9 Å². The summed E-state index contributed by atoms with van der Waals surface area (Å²) in [5, 5.41) is 2.79. The summed E-state index contributed by atoms with van der Waals surface area (Å²) in [5.41, 5.74) is 1.23. The van der Waals surface area contributed by atoms with E-state index >= 15 is 0 Å². The van der Waals surface area contributed by atoms with E-state index in [-0.39, 0.29) is 18.2 Å². The molecule has 1 heterocycles. The minimum atomic E-state index is -0.701. The van der Waals surface area contributed by atoms with Crippen molar-refractivity contribution in [1.82, 2.24) is 0 Å². The first-order valence-electron chi connectivity index (χ1n) is 7.18. The minimum absolute atomic E-state index is 0.0560. The second kappa shape index (κ2) is 8.11. The van der Waals surface area contributed by atoms with E-state index in [9.17, 15) is 14.4 Å². The van der Waals surface area contributed by atoms with Crippen molar-refractivity contribution in [2.24, 2.45) is 0 Å². The molecule has 0 saturated carbocycles. The lowest BCUT2D eigenvalue weighted by Crippen LogP contribution is -2.41. The van der Waals surface area contributed by atoms with Gasteiger partial charge < -0.3 is 24.4 Å². The van der Waals surface area contributed by atoms with Crippen molar-refractivity contribution in [3.8, 4) is 0 Å². The standard InChI is InChI=1S/C16H18N2O6/c1-22-15(20)9-13(16(21)23-2)17-11-3-5-12(6-4-11)18-7-8-24-10-14(18)19/h3-6,9,17H,7-8,10H2,1-2H3/b13-9+. The molecule has 8 heteroatoms. The van der Waals surface area contributed by atoms with Gasteiger partial charge in [0.15, 0.2) is 0 Å². The highest BCUT2D eigenvalue weighted by Crippen LogP contribution is 2.20. The Labute approximate surface area is 139 Å². The van der Waals surface area contributed by atoms with Crippen LogP contribution in [0.15, 0.2) is 36.0 Å². The van der Waals surface area contributed by atoms with E-state index < -0.39 is 11.9 Å². The van der Waals surface area contributed by atoms with Crippen LogP contribution in [0.1, 0.15) is 0 Å². The molecule has 1 aliphatic heterocycles. The lowest BCUT2D eigenvalue weighted by Gasteiger charge is -2.27. The van der Waals surface area contributed by atoms with Gasteiger partial charge in [0.2, 0.25) is 0 Å². The SMILES string of the molecule is COC(=O)/C=C(/Nc1ccc(N2CCOCC2=O)cc1)C(=O)OC. The molecular formula is C16H18N2O6. The number of hydrogen-bond donors (Lipinski definition) is 1. The maximum absolute atomic E-state index is 11.8. The fourth-order valence-corrected chi connectivity index (χ4v) is 2.10. The zero-order valence-electron chi connectivity index (χ0n) is 13.4. The summed E-state index contributed by atoms with van der Waals surface area (Å²) in [5.74, 6) is -1.49. The molecule has 24 heavy (non-hydrogen) atoms. The quantitative estimate of drug-likeness (QED) is 0.625. The Hall–Kier alpha value is -2.87. The maximum Gasteiger partial charge on any atom is 0.354 e. The lowest BCUT2D eigenvalue weighted by atomic mass is 10.2. The third kappa shape index (κ3) is 4.32. The van der Waals surface area contributed by atoms with E-state index in [1.165, 1.54) is 14.2 Å². The van der Waals surface area contributed by atoms with Crippen molar-refractivity contribution >= 4 is 29.2 Å². The van der Waals surface area contributed by atoms with Crippen LogP contribution >= 0.6 is 0 Å². The maximum atomic E-state index is 11.8. The van der Waals surface area contributed by atoms with Gasteiger partial charge in [-0.05, 0) is 24.3 Å². The molecule has 0 atom stereocenters. The Morgan fingerprint density at radius 2 is 1.92 bits per heavy atom. The van der Waals surface area contributed by atoms with Gasteiger partial charge in [-0.1, -0.05) is 0 Å². The smallest absolute Gasteiger partial charge is 0.354 e. The summed E-state index contributed by atoms with van der Waals surface area (Å²) in [6, 6.07) is 6.84. The zero-order valence-corrected chi connectivity index (χ0v) is 13.4. The van der Waals surface area contributed by atoms with Crippen LogP contribution in [-0.2, 0) is 28.6 Å². The van der Waals surface area contributed by atoms with Gasteiger partial charge in [0.25, 0.3) is 5.91 Å². The number of ether oxygens (including phenoxy) is 3. The van der Waals surface area contributed by atoms with Gasteiger partial charge in [0.1, 0.15) is 12.3 Å². The first-order valence-corrected chi connectivity index (χ1v) is 7.18. The molecule has 0 aromatic heterocycles. The van der Waals surface area contributed by atoms with Crippen molar-refractivity contribution in [2.45, 2.75) is 0 Å². The summed E-state index contributed by atoms with van der Waals surface area (Å²) >= 11 is 0. The van der Waals surface area contributed by atoms with Gasteiger partial charge in [-0.25, -0.2) is 9.59 Å². The number of morpholine rings is 1. The molecule has 8 nitrogen and oxygen atoms in total. The van der Waals surface area contributed by atoms with Crippen LogP contribution in [-0.4, -0.2) is 51.8 Å². The fraction of sp³-hybridized carbons (Fsp3) is 0.312. The first kappa shape index (κ1) is 17.5. The summed E-state index contributed by atoms with van der Waals surface area (Å²) in [7, 11) is 2.42. The van der Waals surface area contributed by atoms with E-state index in [1.54, 1.807) is 29.2 Å². The van der Waals surface area contributed by atoms with Crippen LogP contribution in [0.3, 0.4) is 0 Å². The molecule has 1 fully saturated rings. The number of nitrogens with one attached hydrogen (secondary N) is 1. The van der Waals surface area contributed by atoms with Crippen molar-refractivity contribution in [2.75, 3.05) is 44.2 Å². The van der Waals surface area contributed by atoms with E-state index in [0.717, 1.165) is 11.8 Å². The highest BCUT2D eigenvalue weighted by Gasteiger charge is 2.20. The Morgan fingerprint density at radius 3 is 2.50 bits per heavy atom. The largest absolute Gasteiger partial charge is 0.466 e. The number of amides is 1. The lowest BCUT2D eigenvalue weighted by molar-refractivity contribution is -0.138. The summed E-state index contributed by atoms with van der Waals surface area (Å²) in [4.78, 5) is 36.5. The molecule has 1 amide bonds. The van der Waals surface area contributed by atoms with Crippen LogP contribution in [0.4, 0.5) is 11.4 Å². The molecule has 0 unspecified atom stereocenters. The highest BCUT2D eigenvalue weighted by atomic mass is 16.5. The number of carbonyl (C=O) groups is 3. The zero-order chi connectivity index (χ0) is 17.5. The molecule has 0 spiro atoms. The molecule has 1 aromatic carbocycles. The summed E-state index contributed by atoms with van der Waals surface area (Å²) in [6.45, 7) is 1.04. The Morgan fingerprint density at radius 1 is 1.21 bits per heavy atom. The van der Waals surface area contributed by atoms with Crippen molar-refractivity contribution < 1.29 is 28.6 Å². The van der Waals surface area contributed by atoms with Crippen LogP contribution in [0.5, 0.6) is 0 Å². The van der Waals surface area contributed by atoms with Crippen molar-refractivity contribution in [3.05, 3.63) is 36.0 Å². The van der Waals surface area contributed by atoms with Gasteiger partial charge in [-0.3, -0.25) is 4.79 Å². The number of nitrogens with zero attached hydrogens (tertiary/aromatic N) is 1. The topological polar surface area (TPSA) is 94.2 Å². The van der Waals surface area contributed by atoms with E-state index in [2.05, 4.69) is 14.8 Å². The number of methoxy groups -OCH3 is 2. The van der Waals surface area contributed by atoms with Gasteiger partial charge in [-0.2, -0.15) is 0 Å². The number of rotatable bonds is 5. The molecule has 1 aromatic rings. The highest BCUT2D eigenvalue weighted by molar-refractivity contribution is 5.99. The molecule has 1 aliphatic rings. The number of carbonyl (C=O) groups excluding carboxylic acids is 3.